The number of carbonyl (C=O) groups excluding carboxylic acids is 1. The van der Waals surface area contributed by atoms with Crippen molar-refractivity contribution < 1.29 is 15.0 Å². The van der Waals surface area contributed by atoms with Crippen LogP contribution in [-0.2, 0) is 0 Å². The van der Waals surface area contributed by atoms with Gasteiger partial charge in [-0.15, -0.1) is 0 Å². The van der Waals surface area contributed by atoms with Gasteiger partial charge in [-0.1, -0.05) is 0 Å². The van der Waals surface area contributed by atoms with E-state index in [1.54, 1.807) is 11.8 Å². The first-order chi connectivity index (χ1) is 7.99. The van der Waals surface area contributed by atoms with E-state index in [-0.39, 0.29) is 17.2 Å². The van der Waals surface area contributed by atoms with E-state index in [0.29, 0.717) is 19.5 Å². The quantitative estimate of drug-likeness (QED) is 0.755. The first-order valence-corrected chi connectivity index (χ1v) is 5.64. The second kappa shape index (κ2) is 4.33. The second-order valence-electron chi connectivity index (χ2n) is 4.72. The fraction of sp³-hybridized carbons (Fsp3) is 0.500. The number of likely N-dealkylation sites (tertiary alicyclic amines) is 1. The Labute approximate surface area is 99.7 Å². The lowest BCUT2D eigenvalue weighted by molar-refractivity contribution is -0.0108. The highest BCUT2D eigenvalue weighted by Crippen LogP contribution is 2.24. The first-order valence-electron chi connectivity index (χ1n) is 5.64. The molecule has 1 atom stereocenters. The van der Waals surface area contributed by atoms with Crippen LogP contribution in [-0.4, -0.2) is 44.7 Å². The minimum Gasteiger partial charge on any atom is -0.505 e. The largest absolute Gasteiger partial charge is 0.505 e. The SMILES string of the molecule is CC1(O)CCCN(C(=O)c2ccncc2O)C1. The molecule has 5 heteroatoms. The number of carbonyl (C=O) groups is 1. The number of hydrogen-bond donors (Lipinski definition) is 2. The lowest BCUT2D eigenvalue weighted by atomic mass is 9.94. The molecule has 0 saturated carbocycles. The number of rotatable bonds is 1. The average Bonchev–Trinajstić information content (AvgIpc) is 2.27. The van der Waals surface area contributed by atoms with Gasteiger partial charge in [0.25, 0.3) is 5.91 Å². The van der Waals surface area contributed by atoms with E-state index in [0.717, 1.165) is 6.42 Å². The summed E-state index contributed by atoms with van der Waals surface area (Å²) in [5.41, 5.74) is -0.603. The predicted molar refractivity (Wildman–Crippen MR) is 61.7 cm³/mol. The molecule has 2 N–H and O–H groups in total. The average molecular weight is 236 g/mol. The number of hydrogen-bond acceptors (Lipinski definition) is 4. The van der Waals surface area contributed by atoms with Crippen molar-refractivity contribution in [2.75, 3.05) is 13.1 Å². The number of pyridine rings is 1. The third kappa shape index (κ3) is 2.55. The van der Waals surface area contributed by atoms with E-state index < -0.39 is 5.60 Å². The number of amides is 1. The lowest BCUT2D eigenvalue weighted by Crippen LogP contribution is -2.48. The minimum atomic E-state index is -0.837. The van der Waals surface area contributed by atoms with Crippen LogP contribution >= 0.6 is 0 Å². The molecule has 1 saturated heterocycles. The monoisotopic (exact) mass is 236 g/mol. The number of piperidine rings is 1. The Bertz CT molecular complexity index is 432. The zero-order chi connectivity index (χ0) is 12.5. The van der Waals surface area contributed by atoms with E-state index in [1.807, 2.05) is 0 Å². The van der Waals surface area contributed by atoms with Crippen LogP contribution in [0.1, 0.15) is 30.1 Å². The number of nitrogens with zero attached hydrogens (tertiary/aromatic N) is 2. The molecule has 1 aromatic heterocycles. The minimum absolute atomic E-state index is 0.122. The fourth-order valence-corrected chi connectivity index (χ4v) is 2.13. The van der Waals surface area contributed by atoms with Crippen LogP contribution in [0.15, 0.2) is 18.5 Å². The lowest BCUT2D eigenvalue weighted by Gasteiger charge is -2.36. The molecule has 0 aromatic carbocycles. The maximum atomic E-state index is 12.1. The van der Waals surface area contributed by atoms with Gasteiger partial charge in [0.05, 0.1) is 17.4 Å². The van der Waals surface area contributed by atoms with E-state index in [4.69, 9.17) is 0 Å². The predicted octanol–water partition coefficient (Wildman–Crippen LogP) is 0.774. The molecule has 0 bridgehead atoms. The molecule has 1 fully saturated rings. The molecule has 17 heavy (non-hydrogen) atoms. The van der Waals surface area contributed by atoms with Crippen LogP contribution in [0.2, 0.25) is 0 Å². The van der Waals surface area contributed by atoms with Crippen LogP contribution in [0.4, 0.5) is 0 Å². The molecule has 1 unspecified atom stereocenters. The molecular formula is C12H16N2O3. The zero-order valence-corrected chi connectivity index (χ0v) is 9.76. The normalized spacial score (nSPS) is 24.7. The summed E-state index contributed by atoms with van der Waals surface area (Å²) in [5.74, 6) is -0.382. The molecule has 1 aromatic rings. The molecule has 0 aliphatic carbocycles. The van der Waals surface area contributed by atoms with E-state index in [2.05, 4.69) is 4.98 Å². The third-order valence-electron chi connectivity index (χ3n) is 2.99. The van der Waals surface area contributed by atoms with Crippen LogP contribution in [0.3, 0.4) is 0 Å². The Hall–Kier alpha value is -1.62. The highest BCUT2D eigenvalue weighted by molar-refractivity contribution is 5.96. The Morgan fingerprint density at radius 1 is 1.59 bits per heavy atom. The van der Waals surface area contributed by atoms with Gasteiger partial charge in [0, 0.05) is 19.3 Å². The number of aromatic nitrogens is 1. The van der Waals surface area contributed by atoms with Gasteiger partial charge in [-0.05, 0) is 25.8 Å². The van der Waals surface area contributed by atoms with Crippen molar-refractivity contribution in [3.8, 4) is 5.75 Å². The fourth-order valence-electron chi connectivity index (χ4n) is 2.13. The molecule has 92 valence electrons. The van der Waals surface area contributed by atoms with Gasteiger partial charge in [0.2, 0.25) is 0 Å². The Morgan fingerprint density at radius 2 is 2.35 bits per heavy atom. The number of aliphatic hydroxyl groups is 1. The Morgan fingerprint density at radius 3 is 3.00 bits per heavy atom. The van der Waals surface area contributed by atoms with Gasteiger partial charge >= 0.3 is 0 Å². The van der Waals surface area contributed by atoms with Crippen molar-refractivity contribution in [3.63, 3.8) is 0 Å². The van der Waals surface area contributed by atoms with Gasteiger partial charge in [-0.2, -0.15) is 0 Å². The molecule has 0 spiro atoms. The Balaban J connectivity index is 2.18. The highest BCUT2D eigenvalue weighted by atomic mass is 16.3. The van der Waals surface area contributed by atoms with Crippen molar-refractivity contribution in [2.45, 2.75) is 25.4 Å². The summed E-state index contributed by atoms with van der Waals surface area (Å²) >= 11 is 0. The summed E-state index contributed by atoms with van der Waals surface area (Å²) in [5, 5.41) is 19.5. The molecule has 5 nitrogen and oxygen atoms in total. The topological polar surface area (TPSA) is 73.7 Å². The van der Waals surface area contributed by atoms with Crippen molar-refractivity contribution in [3.05, 3.63) is 24.0 Å². The highest BCUT2D eigenvalue weighted by Gasteiger charge is 2.31. The van der Waals surface area contributed by atoms with Crippen LogP contribution in [0, 0.1) is 0 Å². The van der Waals surface area contributed by atoms with Crippen LogP contribution in [0.5, 0.6) is 5.75 Å². The Kier molecular flexibility index (Phi) is 3.02. The molecule has 1 amide bonds. The van der Waals surface area contributed by atoms with Gasteiger partial charge in [-0.3, -0.25) is 9.78 Å². The standard InChI is InChI=1S/C12H16N2O3/c1-12(17)4-2-6-14(8-12)11(16)9-3-5-13-7-10(9)15/h3,5,7,15,17H,2,4,6,8H2,1H3. The van der Waals surface area contributed by atoms with Gasteiger partial charge in [-0.25, -0.2) is 0 Å². The molecule has 0 radical (unpaired) electrons. The summed E-state index contributed by atoms with van der Waals surface area (Å²) < 4.78 is 0. The van der Waals surface area contributed by atoms with E-state index in [9.17, 15) is 15.0 Å². The van der Waals surface area contributed by atoms with E-state index in [1.165, 1.54) is 18.5 Å². The first kappa shape index (κ1) is 11.9. The van der Waals surface area contributed by atoms with Crippen molar-refractivity contribution in [2.24, 2.45) is 0 Å². The zero-order valence-electron chi connectivity index (χ0n) is 9.76. The second-order valence-corrected chi connectivity index (χ2v) is 4.72. The molecule has 1 aliphatic rings. The van der Waals surface area contributed by atoms with Gasteiger partial charge in [0.15, 0.2) is 0 Å². The molecular weight excluding hydrogens is 220 g/mol. The van der Waals surface area contributed by atoms with Crippen LogP contribution < -0.4 is 0 Å². The summed E-state index contributed by atoms with van der Waals surface area (Å²) in [6.45, 7) is 2.63. The van der Waals surface area contributed by atoms with Gasteiger partial charge in [0.1, 0.15) is 5.75 Å². The maximum Gasteiger partial charge on any atom is 0.257 e. The van der Waals surface area contributed by atoms with Crippen molar-refractivity contribution in [1.29, 1.82) is 0 Å². The summed E-state index contributed by atoms with van der Waals surface area (Å²) in [7, 11) is 0. The summed E-state index contributed by atoms with van der Waals surface area (Å²) in [4.78, 5) is 17.4. The third-order valence-corrected chi connectivity index (χ3v) is 2.99. The maximum absolute atomic E-state index is 12.1. The summed E-state index contributed by atoms with van der Waals surface area (Å²) in [6, 6.07) is 1.49. The molecule has 2 rings (SSSR count). The molecule has 2 heterocycles. The number of β-amino-alcohol motifs (C(OH)–C–C–N with tert-alkyl or cyclic N) is 1. The van der Waals surface area contributed by atoms with E-state index >= 15 is 0 Å². The summed E-state index contributed by atoms with van der Waals surface area (Å²) in [6.07, 6.45) is 4.17. The molecule has 1 aliphatic heterocycles. The van der Waals surface area contributed by atoms with Crippen molar-refractivity contribution in [1.82, 2.24) is 9.88 Å². The van der Waals surface area contributed by atoms with Crippen molar-refractivity contribution >= 4 is 5.91 Å². The number of aromatic hydroxyl groups is 1. The van der Waals surface area contributed by atoms with Gasteiger partial charge < -0.3 is 15.1 Å². The smallest absolute Gasteiger partial charge is 0.257 e. The van der Waals surface area contributed by atoms with Crippen LogP contribution in [0.25, 0.3) is 0 Å².